The number of amides is 1. The first-order valence-corrected chi connectivity index (χ1v) is 12.7. The number of alkyl halides is 3. The molecule has 0 unspecified atom stereocenters. The number of hydrogen-bond donors (Lipinski definition) is 3. The standard InChI is InChI=1S/C27H31F3N6O/c1-16-3-10-22(23(17(16)2)18-4-5-18)33-26-34-24(35-36(26)21-11-13-31-14-12-21)19-6-8-20(9-7-19)25(37)32-15-27(28,29)30/h3,6-10,18,21,31H,4-5,11-15H2,1-2H3,(H,32,37)(H,33,34,35). The Kier molecular flexibility index (Phi) is 6.94. The maximum atomic E-state index is 12.4. The maximum Gasteiger partial charge on any atom is 0.405 e. The van der Waals surface area contributed by atoms with Crippen molar-refractivity contribution in [3.8, 4) is 11.4 Å². The summed E-state index contributed by atoms with van der Waals surface area (Å²) in [6.07, 6.45) is -0.224. The van der Waals surface area contributed by atoms with Gasteiger partial charge in [-0.3, -0.25) is 4.79 Å². The number of nitrogens with one attached hydrogen (secondary N) is 3. The molecule has 1 aliphatic carbocycles. The molecule has 1 aliphatic heterocycles. The summed E-state index contributed by atoms with van der Waals surface area (Å²) in [6.45, 7) is 4.74. The Balaban J connectivity index is 1.44. The maximum absolute atomic E-state index is 12.4. The second-order valence-corrected chi connectivity index (χ2v) is 9.93. The average Bonchev–Trinajstić information content (AvgIpc) is 3.63. The van der Waals surface area contributed by atoms with Crippen LogP contribution < -0.4 is 16.0 Å². The molecule has 196 valence electrons. The first-order valence-electron chi connectivity index (χ1n) is 12.7. The molecule has 1 aromatic heterocycles. The smallest absolute Gasteiger partial charge is 0.343 e. The Morgan fingerprint density at radius 2 is 1.76 bits per heavy atom. The van der Waals surface area contributed by atoms with Crippen LogP contribution in [0.5, 0.6) is 0 Å². The van der Waals surface area contributed by atoms with Gasteiger partial charge in [0.05, 0.1) is 6.04 Å². The summed E-state index contributed by atoms with van der Waals surface area (Å²) in [5.41, 5.74) is 5.80. The van der Waals surface area contributed by atoms with E-state index in [0.29, 0.717) is 23.3 Å². The van der Waals surface area contributed by atoms with Crippen molar-refractivity contribution >= 4 is 17.5 Å². The molecule has 37 heavy (non-hydrogen) atoms. The van der Waals surface area contributed by atoms with Crippen LogP contribution in [0.1, 0.15) is 64.7 Å². The summed E-state index contributed by atoms with van der Waals surface area (Å²) in [4.78, 5) is 16.9. The Bertz CT molecular complexity index is 1270. The van der Waals surface area contributed by atoms with Crippen molar-refractivity contribution in [2.24, 2.45) is 0 Å². The average molecular weight is 513 g/mol. The highest BCUT2D eigenvalue weighted by molar-refractivity contribution is 5.94. The van der Waals surface area contributed by atoms with Gasteiger partial charge in [0.1, 0.15) is 6.54 Å². The van der Waals surface area contributed by atoms with Crippen LogP contribution in [0.25, 0.3) is 11.4 Å². The highest BCUT2D eigenvalue weighted by Gasteiger charge is 2.30. The van der Waals surface area contributed by atoms with Gasteiger partial charge >= 0.3 is 6.18 Å². The van der Waals surface area contributed by atoms with E-state index in [0.717, 1.165) is 31.6 Å². The zero-order chi connectivity index (χ0) is 26.2. The minimum atomic E-state index is -4.46. The van der Waals surface area contributed by atoms with Crippen LogP contribution >= 0.6 is 0 Å². The van der Waals surface area contributed by atoms with E-state index >= 15 is 0 Å². The Morgan fingerprint density at radius 1 is 1.05 bits per heavy atom. The number of hydrogen-bond acceptors (Lipinski definition) is 5. The van der Waals surface area contributed by atoms with Crippen molar-refractivity contribution < 1.29 is 18.0 Å². The molecule has 1 saturated heterocycles. The van der Waals surface area contributed by atoms with Crippen molar-refractivity contribution in [3.63, 3.8) is 0 Å². The molecule has 2 heterocycles. The number of anilines is 2. The second kappa shape index (κ2) is 10.2. The predicted octanol–water partition coefficient (Wildman–Crippen LogP) is 5.40. The van der Waals surface area contributed by atoms with Gasteiger partial charge < -0.3 is 16.0 Å². The molecule has 1 amide bonds. The quantitative estimate of drug-likeness (QED) is 0.395. The number of carbonyl (C=O) groups excluding carboxylic acids is 1. The lowest BCUT2D eigenvalue weighted by molar-refractivity contribution is -0.123. The zero-order valence-electron chi connectivity index (χ0n) is 21.0. The second-order valence-electron chi connectivity index (χ2n) is 9.93. The van der Waals surface area contributed by atoms with E-state index < -0.39 is 18.6 Å². The summed E-state index contributed by atoms with van der Waals surface area (Å²) in [6, 6.07) is 10.7. The van der Waals surface area contributed by atoms with Crippen LogP contribution in [0, 0.1) is 13.8 Å². The lowest BCUT2D eigenvalue weighted by Crippen LogP contribution is -2.33. The van der Waals surface area contributed by atoms with Crippen molar-refractivity contribution in [2.45, 2.75) is 57.7 Å². The number of benzene rings is 2. The Morgan fingerprint density at radius 3 is 2.41 bits per heavy atom. The number of halogens is 3. The number of rotatable bonds is 7. The molecule has 2 fully saturated rings. The molecule has 0 spiro atoms. The van der Waals surface area contributed by atoms with Gasteiger partial charge in [-0.25, -0.2) is 4.68 Å². The van der Waals surface area contributed by atoms with Crippen molar-refractivity contribution in [1.29, 1.82) is 0 Å². The molecule has 7 nitrogen and oxygen atoms in total. The molecule has 5 rings (SSSR count). The molecule has 3 N–H and O–H groups in total. The minimum absolute atomic E-state index is 0.147. The van der Waals surface area contributed by atoms with Gasteiger partial charge in [0.15, 0.2) is 5.82 Å². The number of aromatic nitrogens is 3. The van der Waals surface area contributed by atoms with E-state index in [9.17, 15) is 18.0 Å². The van der Waals surface area contributed by atoms with Gasteiger partial charge in [-0.05, 0) is 93.4 Å². The van der Waals surface area contributed by atoms with E-state index in [1.54, 1.807) is 12.1 Å². The molecule has 0 radical (unpaired) electrons. The molecule has 1 saturated carbocycles. The van der Waals surface area contributed by atoms with Crippen LogP contribution in [0.15, 0.2) is 36.4 Å². The molecular weight excluding hydrogens is 481 g/mol. The lowest BCUT2D eigenvalue weighted by Gasteiger charge is -2.24. The van der Waals surface area contributed by atoms with Gasteiger partial charge in [0.2, 0.25) is 5.95 Å². The topological polar surface area (TPSA) is 83.9 Å². The molecule has 2 aromatic carbocycles. The van der Waals surface area contributed by atoms with Crippen molar-refractivity contribution in [2.75, 3.05) is 25.0 Å². The molecule has 10 heteroatoms. The zero-order valence-corrected chi connectivity index (χ0v) is 21.0. The highest BCUT2D eigenvalue weighted by atomic mass is 19.4. The normalized spacial score (nSPS) is 16.6. The number of nitrogens with zero attached hydrogens (tertiary/aromatic N) is 3. The fourth-order valence-electron chi connectivity index (χ4n) is 4.85. The largest absolute Gasteiger partial charge is 0.405 e. The van der Waals surface area contributed by atoms with Gasteiger partial charge in [0, 0.05) is 16.8 Å². The summed E-state index contributed by atoms with van der Waals surface area (Å²) in [5, 5.41) is 13.7. The van der Waals surface area contributed by atoms with Crippen LogP contribution in [0.3, 0.4) is 0 Å². The summed E-state index contributed by atoms with van der Waals surface area (Å²) in [7, 11) is 0. The summed E-state index contributed by atoms with van der Waals surface area (Å²) < 4.78 is 39.3. The van der Waals surface area contributed by atoms with E-state index in [1.807, 2.05) is 10.00 Å². The first kappa shape index (κ1) is 25.3. The van der Waals surface area contributed by atoms with Gasteiger partial charge in [-0.15, -0.1) is 5.10 Å². The van der Waals surface area contributed by atoms with Crippen molar-refractivity contribution in [3.05, 3.63) is 58.7 Å². The number of aryl methyl sites for hydroxylation is 1. The number of carbonyl (C=O) groups is 1. The summed E-state index contributed by atoms with van der Waals surface area (Å²) >= 11 is 0. The monoisotopic (exact) mass is 512 g/mol. The first-order chi connectivity index (χ1) is 17.7. The molecule has 3 aromatic rings. The van der Waals surface area contributed by atoms with Crippen LogP contribution in [-0.2, 0) is 0 Å². The lowest BCUT2D eigenvalue weighted by atomic mass is 9.97. The molecule has 2 aliphatic rings. The Labute approximate surface area is 213 Å². The molecule has 0 atom stereocenters. The van der Waals surface area contributed by atoms with Gasteiger partial charge in [-0.1, -0.05) is 18.2 Å². The molecule has 0 bridgehead atoms. The SMILES string of the molecule is Cc1ccc(Nc2nc(-c3ccc(C(=O)NCC(F)(F)F)cc3)nn2C2CCNCC2)c(C2CC2)c1C. The summed E-state index contributed by atoms with van der Waals surface area (Å²) in [5.74, 6) is 0.953. The minimum Gasteiger partial charge on any atom is -0.343 e. The fourth-order valence-corrected chi connectivity index (χ4v) is 4.85. The van der Waals surface area contributed by atoms with Crippen LogP contribution in [-0.4, -0.2) is 46.5 Å². The van der Waals surface area contributed by atoms with Crippen LogP contribution in [0.2, 0.25) is 0 Å². The van der Waals surface area contributed by atoms with Gasteiger partial charge in [-0.2, -0.15) is 18.2 Å². The highest BCUT2D eigenvalue weighted by Crippen LogP contribution is 2.46. The third-order valence-electron chi connectivity index (χ3n) is 7.16. The fraction of sp³-hybridized carbons (Fsp3) is 0.444. The van der Waals surface area contributed by atoms with Crippen molar-refractivity contribution in [1.82, 2.24) is 25.4 Å². The van der Waals surface area contributed by atoms with E-state index in [2.05, 4.69) is 36.6 Å². The van der Waals surface area contributed by atoms with Crippen LogP contribution in [0.4, 0.5) is 24.8 Å². The molecular formula is C27H31F3N6O. The van der Waals surface area contributed by atoms with E-state index in [4.69, 9.17) is 10.1 Å². The van der Waals surface area contributed by atoms with Gasteiger partial charge in [0.25, 0.3) is 5.91 Å². The third kappa shape index (κ3) is 5.79. The third-order valence-corrected chi connectivity index (χ3v) is 7.16. The number of piperidine rings is 1. The van der Waals surface area contributed by atoms with E-state index in [-0.39, 0.29) is 11.6 Å². The Hall–Kier alpha value is -3.40. The predicted molar refractivity (Wildman–Crippen MR) is 136 cm³/mol. The van der Waals surface area contributed by atoms with E-state index in [1.165, 1.54) is 41.7 Å².